The van der Waals surface area contributed by atoms with Crippen molar-refractivity contribution in [2.24, 2.45) is 5.84 Å². The van der Waals surface area contributed by atoms with Crippen LogP contribution in [0.5, 0.6) is 0 Å². The number of nitrogens with zero attached hydrogens (tertiary/aromatic N) is 1. The van der Waals surface area contributed by atoms with Gasteiger partial charge in [-0.2, -0.15) is 0 Å². The van der Waals surface area contributed by atoms with Gasteiger partial charge in [0.25, 0.3) is 0 Å². The summed E-state index contributed by atoms with van der Waals surface area (Å²) in [5, 5.41) is 0. The first-order valence-corrected chi connectivity index (χ1v) is 6.61. The van der Waals surface area contributed by atoms with Gasteiger partial charge in [-0.15, -0.1) is 11.3 Å². The Bertz CT molecular complexity index is 503. The highest BCUT2D eigenvalue weighted by Gasteiger charge is 2.13. The van der Waals surface area contributed by atoms with Crippen LogP contribution in [0.25, 0.3) is 0 Å². The van der Waals surface area contributed by atoms with Crippen molar-refractivity contribution in [1.29, 1.82) is 0 Å². The number of hydrogen-bond acceptors (Lipinski definition) is 4. The van der Waals surface area contributed by atoms with Crippen LogP contribution in [0.1, 0.15) is 16.5 Å². The molecule has 2 aromatic heterocycles. The van der Waals surface area contributed by atoms with E-state index in [0.717, 1.165) is 9.35 Å². The molecule has 0 aliphatic heterocycles. The maximum atomic E-state index is 13.1. The lowest BCUT2D eigenvalue weighted by Gasteiger charge is -2.14. The Balaban J connectivity index is 2.16. The molecule has 0 saturated carbocycles. The smallest absolute Gasteiger partial charge is 0.141 e. The predicted octanol–water partition coefficient (Wildman–Crippen LogP) is 2.79. The summed E-state index contributed by atoms with van der Waals surface area (Å²) in [4.78, 5) is 4.99. The van der Waals surface area contributed by atoms with E-state index in [9.17, 15) is 4.39 Å². The molecule has 2 rings (SSSR count). The molecule has 0 aliphatic rings. The molecule has 17 heavy (non-hydrogen) atoms. The fraction of sp³-hybridized carbons (Fsp3) is 0.182. The van der Waals surface area contributed by atoms with Gasteiger partial charge in [0, 0.05) is 17.5 Å². The Hall–Kier alpha value is -0.820. The van der Waals surface area contributed by atoms with Gasteiger partial charge in [0.15, 0.2) is 0 Å². The second-order valence-corrected chi connectivity index (χ2v) is 6.11. The van der Waals surface area contributed by atoms with Crippen LogP contribution >= 0.6 is 27.3 Å². The third-order valence-electron chi connectivity index (χ3n) is 2.36. The molecule has 90 valence electrons. The Morgan fingerprint density at radius 1 is 1.47 bits per heavy atom. The summed E-state index contributed by atoms with van der Waals surface area (Å²) in [6, 6.07) is 5.31. The van der Waals surface area contributed by atoms with Gasteiger partial charge in [-0.25, -0.2) is 4.39 Å². The fourth-order valence-corrected chi connectivity index (χ4v) is 3.08. The number of rotatable bonds is 4. The van der Waals surface area contributed by atoms with Gasteiger partial charge in [0.1, 0.15) is 5.82 Å². The molecule has 0 amide bonds. The normalized spacial score (nSPS) is 12.6. The zero-order valence-electron chi connectivity index (χ0n) is 8.86. The van der Waals surface area contributed by atoms with Crippen LogP contribution in [-0.2, 0) is 6.42 Å². The molecule has 3 nitrogen and oxygen atoms in total. The molecule has 1 unspecified atom stereocenters. The molecule has 0 bridgehead atoms. The molecule has 6 heteroatoms. The van der Waals surface area contributed by atoms with E-state index >= 15 is 0 Å². The number of thiophene rings is 1. The van der Waals surface area contributed by atoms with Gasteiger partial charge in [-0.3, -0.25) is 16.3 Å². The third-order valence-corrected chi connectivity index (χ3v) is 4.01. The lowest BCUT2D eigenvalue weighted by Crippen LogP contribution is -2.29. The van der Waals surface area contributed by atoms with E-state index in [-0.39, 0.29) is 11.9 Å². The molecule has 2 heterocycles. The van der Waals surface area contributed by atoms with Gasteiger partial charge in [0.05, 0.1) is 16.0 Å². The zero-order chi connectivity index (χ0) is 12.3. The lowest BCUT2D eigenvalue weighted by atomic mass is 10.1. The summed E-state index contributed by atoms with van der Waals surface area (Å²) < 4.78 is 14.1. The third kappa shape index (κ3) is 3.32. The van der Waals surface area contributed by atoms with Gasteiger partial charge >= 0.3 is 0 Å². The fourth-order valence-electron chi connectivity index (χ4n) is 1.55. The van der Waals surface area contributed by atoms with Crippen molar-refractivity contribution >= 4 is 27.3 Å². The maximum absolute atomic E-state index is 13.1. The Kier molecular flexibility index (Phi) is 4.22. The number of halogens is 2. The molecule has 0 aliphatic carbocycles. The second kappa shape index (κ2) is 5.68. The van der Waals surface area contributed by atoms with Crippen molar-refractivity contribution in [2.75, 3.05) is 0 Å². The molecule has 2 aromatic rings. The first kappa shape index (κ1) is 12.6. The standard InChI is InChI=1S/C11H11BrFN3S/c12-11-2-1-9(17-11)4-10(16-14)7-3-8(13)6-15-5-7/h1-3,5-6,10,16H,4,14H2. The molecule has 0 aromatic carbocycles. The first-order chi connectivity index (χ1) is 8.19. The first-order valence-electron chi connectivity index (χ1n) is 5.00. The number of hydrogen-bond donors (Lipinski definition) is 2. The summed E-state index contributed by atoms with van der Waals surface area (Å²) in [6.45, 7) is 0. The van der Waals surface area contributed by atoms with Crippen molar-refractivity contribution in [3.05, 3.63) is 50.6 Å². The number of nitrogens with one attached hydrogen (secondary N) is 1. The summed E-state index contributed by atoms with van der Waals surface area (Å²) in [5.41, 5.74) is 3.44. The monoisotopic (exact) mass is 315 g/mol. The van der Waals surface area contributed by atoms with Crippen molar-refractivity contribution in [3.8, 4) is 0 Å². The van der Waals surface area contributed by atoms with Crippen molar-refractivity contribution in [3.63, 3.8) is 0 Å². The molecular formula is C11H11BrFN3S. The number of pyridine rings is 1. The lowest BCUT2D eigenvalue weighted by molar-refractivity contribution is 0.544. The quantitative estimate of drug-likeness (QED) is 0.674. The summed E-state index contributed by atoms with van der Waals surface area (Å²) in [5.74, 6) is 5.15. The van der Waals surface area contributed by atoms with Crippen LogP contribution in [0.2, 0.25) is 0 Å². The van der Waals surface area contributed by atoms with Crippen LogP contribution in [0, 0.1) is 5.82 Å². The highest BCUT2D eigenvalue weighted by molar-refractivity contribution is 9.11. The number of hydrazine groups is 1. The van der Waals surface area contributed by atoms with Crippen LogP contribution in [0.3, 0.4) is 0 Å². The second-order valence-electron chi connectivity index (χ2n) is 3.57. The van der Waals surface area contributed by atoms with Crippen LogP contribution in [0.15, 0.2) is 34.4 Å². The van der Waals surface area contributed by atoms with Crippen LogP contribution in [0.4, 0.5) is 4.39 Å². The van der Waals surface area contributed by atoms with Crippen LogP contribution < -0.4 is 11.3 Å². The molecule has 0 radical (unpaired) electrons. The van der Waals surface area contributed by atoms with E-state index < -0.39 is 0 Å². The zero-order valence-corrected chi connectivity index (χ0v) is 11.3. The molecule has 0 saturated heterocycles. The summed E-state index contributed by atoms with van der Waals surface area (Å²) >= 11 is 5.04. The highest BCUT2D eigenvalue weighted by Crippen LogP contribution is 2.26. The highest BCUT2D eigenvalue weighted by atomic mass is 79.9. The molecular weight excluding hydrogens is 305 g/mol. The molecule has 0 spiro atoms. The number of aromatic nitrogens is 1. The Morgan fingerprint density at radius 2 is 2.29 bits per heavy atom. The van der Waals surface area contributed by atoms with Crippen molar-refractivity contribution < 1.29 is 4.39 Å². The minimum Gasteiger partial charge on any atom is -0.271 e. The average molecular weight is 316 g/mol. The van der Waals surface area contributed by atoms with E-state index in [1.807, 2.05) is 12.1 Å². The van der Waals surface area contributed by atoms with Crippen molar-refractivity contribution in [2.45, 2.75) is 12.5 Å². The van der Waals surface area contributed by atoms with E-state index in [1.165, 1.54) is 17.1 Å². The summed E-state index contributed by atoms with van der Waals surface area (Å²) in [6.07, 6.45) is 3.51. The van der Waals surface area contributed by atoms with Gasteiger partial charge in [-0.05, 0) is 39.7 Å². The maximum Gasteiger partial charge on any atom is 0.141 e. The van der Waals surface area contributed by atoms with E-state index in [1.54, 1.807) is 17.5 Å². The van der Waals surface area contributed by atoms with Gasteiger partial charge in [0.2, 0.25) is 0 Å². The minimum absolute atomic E-state index is 0.135. The van der Waals surface area contributed by atoms with Gasteiger partial charge in [-0.1, -0.05) is 0 Å². The van der Waals surface area contributed by atoms with E-state index in [0.29, 0.717) is 6.42 Å². The van der Waals surface area contributed by atoms with E-state index in [2.05, 4.69) is 26.3 Å². The largest absolute Gasteiger partial charge is 0.271 e. The molecule has 1 atom stereocenters. The topological polar surface area (TPSA) is 50.9 Å². The number of nitrogens with two attached hydrogens (primary N) is 1. The van der Waals surface area contributed by atoms with Crippen LogP contribution in [-0.4, -0.2) is 4.98 Å². The molecule has 0 fully saturated rings. The van der Waals surface area contributed by atoms with Crippen molar-refractivity contribution in [1.82, 2.24) is 10.4 Å². The predicted molar refractivity (Wildman–Crippen MR) is 70.0 cm³/mol. The Morgan fingerprint density at radius 3 is 2.88 bits per heavy atom. The Labute approximate surface area is 111 Å². The minimum atomic E-state index is -0.352. The van der Waals surface area contributed by atoms with E-state index in [4.69, 9.17) is 5.84 Å². The summed E-state index contributed by atoms with van der Waals surface area (Å²) in [7, 11) is 0. The molecule has 3 N–H and O–H groups in total. The van der Waals surface area contributed by atoms with Gasteiger partial charge < -0.3 is 0 Å². The SMILES string of the molecule is NNC(Cc1ccc(Br)s1)c1cncc(F)c1. The average Bonchev–Trinajstić information content (AvgIpc) is 2.72.